The maximum Gasteiger partial charge on any atom is 0.287 e. The molecule has 2 N–H and O–H groups in total. The fraction of sp³-hybridized carbons (Fsp3) is 0.529. The molecule has 0 aliphatic carbocycles. The van der Waals surface area contributed by atoms with E-state index in [1.54, 1.807) is 18.5 Å². The predicted molar refractivity (Wildman–Crippen MR) is 87.0 cm³/mol. The van der Waals surface area contributed by atoms with Gasteiger partial charge in [0, 0.05) is 25.4 Å². The van der Waals surface area contributed by atoms with E-state index in [4.69, 9.17) is 4.42 Å². The Labute approximate surface area is 136 Å². The average Bonchev–Trinajstić information content (AvgIpc) is 3.21. The summed E-state index contributed by atoms with van der Waals surface area (Å²) in [6.45, 7) is 5.83. The molecule has 3 heterocycles. The van der Waals surface area contributed by atoms with Gasteiger partial charge in [-0.15, -0.1) is 0 Å². The van der Waals surface area contributed by atoms with Gasteiger partial charge in [0.15, 0.2) is 5.76 Å². The smallest absolute Gasteiger partial charge is 0.287 e. The summed E-state index contributed by atoms with van der Waals surface area (Å²) in [4.78, 5) is 21.6. The van der Waals surface area contributed by atoms with Gasteiger partial charge in [-0.1, -0.05) is 6.92 Å². The van der Waals surface area contributed by atoms with Crippen LogP contribution in [-0.4, -0.2) is 40.4 Å². The van der Waals surface area contributed by atoms with Gasteiger partial charge in [-0.3, -0.25) is 9.69 Å². The van der Waals surface area contributed by atoms with Crippen LogP contribution in [0.15, 0.2) is 28.9 Å². The molecule has 0 atom stereocenters. The van der Waals surface area contributed by atoms with Crippen LogP contribution in [0.2, 0.25) is 0 Å². The molecular weight excluding hydrogens is 292 g/mol. The van der Waals surface area contributed by atoms with E-state index in [-0.39, 0.29) is 5.91 Å². The minimum absolute atomic E-state index is 0.171. The SMILES string of the molecule is CC1CCN(Cc2ccc(C(=O)NCCc3ncc[nH]3)o2)CC1. The minimum Gasteiger partial charge on any atom is -0.455 e. The minimum atomic E-state index is -0.171. The first kappa shape index (κ1) is 15.8. The Morgan fingerprint density at radius 3 is 3.00 bits per heavy atom. The number of nitrogens with zero attached hydrogens (tertiary/aromatic N) is 2. The van der Waals surface area contributed by atoms with Crippen LogP contribution in [0.1, 0.15) is 41.9 Å². The van der Waals surface area contributed by atoms with Crippen molar-refractivity contribution in [2.45, 2.75) is 32.7 Å². The lowest BCUT2D eigenvalue weighted by atomic mass is 9.99. The van der Waals surface area contributed by atoms with E-state index in [2.05, 4.69) is 27.1 Å². The number of H-pyrrole nitrogens is 1. The van der Waals surface area contributed by atoms with Gasteiger partial charge < -0.3 is 14.7 Å². The molecule has 0 radical (unpaired) electrons. The summed E-state index contributed by atoms with van der Waals surface area (Å²) >= 11 is 0. The summed E-state index contributed by atoms with van der Waals surface area (Å²) in [5.41, 5.74) is 0. The number of amides is 1. The normalized spacial score (nSPS) is 16.6. The third kappa shape index (κ3) is 4.45. The van der Waals surface area contributed by atoms with Crippen molar-refractivity contribution in [2.24, 2.45) is 5.92 Å². The van der Waals surface area contributed by atoms with Gasteiger partial charge in [0.1, 0.15) is 11.6 Å². The van der Waals surface area contributed by atoms with Crippen LogP contribution < -0.4 is 5.32 Å². The molecule has 0 aromatic carbocycles. The highest BCUT2D eigenvalue weighted by molar-refractivity contribution is 5.91. The van der Waals surface area contributed by atoms with Gasteiger partial charge in [-0.05, 0) is 44.0 Å². The second kappa shape index (κ2) is 7.46. The van der Waals surface area contributed by atoms with E-state index in [0.29, 0.717) is 18.7 Å². The number of imidazole rings is 1. The molecule has 6 nitrogen and oxygen atoms in total. The summed E-state index contributed by atoms with van der Waals surface area (Å²) in [6.07, 6.45) is 6.63. The highest BCUT2D eigenvalue weighted by atomic mass is 16.4. The first-order chi connectivity index (χ1) is 11.2. The average molecular weight is 316 g/mol. The standard InChI is InChI=1S/C17H24N4O2/c1-13-5-10-21(11-6-13)12-14-2-3-15(23-14)17(22)20-7-4-16-18-8-9-19-16/h2-3,8-9,13H,4-7,10-12H2,1H3,(H,18,19)(H,20,22). The van der Waals surface area contributed by atoms with Crippen molar-refractivity contribution in [3.63, 3.8) is 0 Å². The zero-order valence-corrected chi connectivity index (χ0v) is 13.5. The Kier molecular flexibility index (Phi) is 5.12. The lowest BCUT2D eigenvalue weighted by Gasteiger charge is -2.29. The van der Waals surface area contributed by atoms with Crippen molar-refractivity contribution in [3.8, 4) is 0 Å². The Balaban J connectivity index is 1.45. The fourth-order valence-electron chi connectivity index (χ4n) is 2.84. The lowest BCUT2D eigenvalue weighted by Crippen LogP contribution is -2.32. The number of piperidine rings is 1. The molecule has 0 saturated carbocycles. The van der Waals surface area contributed by atoms with Crippen LogP contribution in [0.3, 0.4) is 0 Å². The topological polar surface area (TPSA) is 74.2 Å². The summed E-state index contributed by atoms with van der Waals surface area (Å²) in [7, 11) is 0. The number of nitrogens with one attached hydrogen (secondary N) is 2. The van der Waals surface area contributed by atoms with Crippen molar-refractivity contribution in [3.05, 3.63) is 41.9 Å². The zero-order chi connectivity index (χ0) is 16.1. The second-order valence-electron chi connectivity index (χ2n) is 6.27. The van der Waals surface area contributed by atoms with Gasteiger partial charge in [0.25, 0.3) is 5.91 Å². The molecule has 6 heteroatoms. The van der Waals surface area contributed by atoms with Crippen LogP contribution in [0.5, 0.6) is 0 Å². The Morgan fingerprint density at radius 2 is 2.26 bits per heavy atom. The number of carbonyl (C=O) groups excluding carboxylic acids is 1. The fourth-order valence-corrected chi connectivity index (χ4v) is 2.84. The van der Waals surface area contributed by atoms with Gasteiger partial charge in [-0.2, -0.15) is 0 Å². The van der Waals surface area contributed by atoms with E-state index in [1.165, 1.54) is 12.8 Å². The van der Waals surface area contributed by atoms with Crippen molar-refractivity contribution in [1.82, 2.24) is 20.2 Å². The molecule has 2 aromatic rings. The highest BCUT2D eigenvalue weighted by Gasteiger charge is 2.18. The number of rotatable bonds is 6. The van der Waals surface area contributed by atoms with Crippen LogP contribution in [0.25, 0.3) is 0 Å². The largest absolute Gasteiger partial charge is 0.455 e. The molecule has 2 aromatic heterocycles. The molecule has 124 valence electrons. The number of furan rings is 1. The monoisotopic (exact) mass is 316 g/mol. The number of aromatic amines is 1. The molecule has 1 amide bonds. The highest BCUT2D eigenvalue weighted by Crippen LogP contribution is 2.19. The Morgan fingerprint density at radius 1 is 1.43 bits per heavy atom. The molecule has 1 fully saturated rings. The summed E-state index contributed by atoms with van der Waals surface area (Å²) in [5.74, 6) is 2.75. The number of likely N-dealkylation sites (tertiary alicyclic amines) is 1. The molecule has 23 heavy (non-hydrogen) atoms. The van der Waals surface area contributed by atoms with Gasteiger partial charge in [-0.25, -0.2) is 4.98 Å². The molecule has 0 spiro atoms. The summed E-state index contributed by atoms with van der Waals surface area (Å²) in [6, 6.07) is 3.66. The summed E-state index contributed by atoms with van der Waals surface area (Å²) < 4.78 is 5.69. The van der Waals surface area contributed by atoms with Crippen molar-refractivity contribution in [2.75, 3.05) is 19.6 Å². The van der Waals surface area contributed by atoms with E-state index in [1.807, 2.05) is 6.07 Å². The third-order valence-corrected chi connectivity index (χ3v) is 4.34. The van der Waals surface area contributed by atoms with Crippen molar-refractivity contribution in [1.29, 1.82) is 0 Å². The molecule has 1 aliphatic rings. The van der Waals surface area contributed by atoms with Gasteiger partial charge in [0.05, 0.1) is 6.54 Å². The van der Waals surface area contributed by atoms with Crippen LogP contribution >= 0.6 is 0 Å². The number of hydrogen-bond donors (Lipinski definition) is 2. The van der Waals surface area contributed by atoms with Gasteiger partial charge >= 0.3 is 0 Å². The van der Waals surface area contributed by atoms with E-state index >= 15 is 0 Å². The lowest BCUT2D eigenvalue weighted by molar-refractivity contribution is 0.0921. The molecular formula is C17H24N4O2. The predicted octanol–water partition coefficient (Wildman–Crippen LogP) is 2.21. The molecule has 1 aliphatic heterocycles. The molecule has 3 rings (SSSR count). The van der Waals surface area contributed by atoms with Gasteiger partial charge in [0.2, 0.25) is 0 Å². The Hall–Kier alpha value is -2.08. The second-order valence-corrected chi connectivity index (χ2v) is 6.27. The first-order valence-electron chi connectivity index (χ1n) is 8.28. The summed E-state index contributed by atoms with van der Waals surface area (Å²) in [5, 5.41) is 2.85. The van der Waals surface area contributed by atoms with E-state index in [0.717, 1.165) is 37.1 Å². The van der Waals surface area contributed by atoms with E-state index < -0.39 is 0 Å². The maximum atomic E-state index is 12.1. The number of carbonyl (C=O) groups is 1. The van der Waals surface area contributed by atoms with Crippen LogP contribution in [-0.2, 0) is 13.0 Å². The van der Waals surface area contributed by atoms with Crippen LogP contribution in [0.4, 0.5) is 0 Å². The van der Waals surface area contributed by atoms with Crippen molar-refractivity contribution >= 4 is 5.91 Å². The zero-order valence-electron chi connectivity index (χ0n) is 13.5. The van der Waals surface area contributed by atoms with Crippen LogP contribution in [0, 0.1) is 5.92 Å². The third-order valence-electron chi connectivity index (χ3n) is 4.34. The molecule has 0 bridgehead atoms. The maximum absolute atomic E-state index is 12.1. The quantitative estimate of drug-likeness (QED) is 0.857. The Bertz CT molecular complexity index is 612. The molecule has 1 saturated heterocycles. The number of aromatic nitrogens is 2. The first-order valence-corrected chi connectivity index (χ1v) is 8.28. The molecule has 0 unspecified atom stereocenters. The van der Waals surface area contributed by atoms with Crippen molar-refractivity contribution < 1.29 is 9.21 Å². The van der Waals surface area contributed by atoms with E-state index in [9.17, 15) is 4.79 Å². The number of hydrogen-bond acceptors (Lipinski definition) is 4.